The van der Waals surface area contributed by atoms with Gasteiger partial charge in [-0.15, -0.1) is 10.2 Å². The maximum Gasteiger partial charge on any atom is 0.237 e. The van der Waals surface area contributed by atoms with Crippen LogP contribution in [0.3, 0.4) is 0 Å². The average Bonchev–Trinajstić information content (AvgIpc) is 3.21. The van der Waals surface area contributed by atoms with Crippen molar-refractivity contribution < 1.29 is 9.18 Å². The minimum atomic E-state index is -0.517. The lowest BCUT2D eigenvalue weighted by Crippen LogP contribution is -2.22. The lowest BCUT2D eigenvalue weighted by molar-refractivity contribution is -0.115. The van der Waals surface area contributed by atoms with Gasteiger partial charge in [0.05, 0.1) is 10.3 Å². The summed E-state index contributed by atoms with van der Waals surface area (Å²) in [7, 11) is 0. The first-order valence-electron chi connectivity index (χ1n) is 7.04. The molecule has 1 aromatic carbocycles. The van der Waals surface area contributed by atoms with Crippen molar-refractivity contribution in [2.45, 2.75) is 35.4 Å². The van der Waals surface area contributed by atoms with Crippen molar-refractivity contribution in [3.63, 3.8) is 0 Å². The second-order valence-electron chi connectivity index (χ2n) is 5.17. The number of carbonyl (C=O) groups is 1. The first-order valence-corrected chi connectivity index (χ1v) is 9.11. The quantitative estimate of drug-likeness (QED) is 0.749. The SMILES string of the molecule is C[C@@H](Sc1nnc(NC2CC2)s1)C(=O)Nc1ccc(F)c(Cl)c1. The fourth-order valence-corrected chi connectivity index (χ4v) is 3.89. The van der Waals surface area contributed by atoms with Crippen LogP contribution in [0.25, 0.3) is 0 Å². The third-order valence-electron chi connectivity index (χ3n) is 3.15. The van der Waals surface area contributed by atoms with Crippen LogP contribution in [0, 0.1) is 5.82 Å². The standard InChI is InChI=1S/C14H14ClFN4OS2/c1-7(12(21)17-9-4-5-11(16)10(15)6-9)22-14-20-19-13(23-14)18-8-2-3-8/h4-8H,2-3H2,1H3,(H,17,21)(H,18,19)/t7-/m1/s1. The number of nitrogens with zero attached hydrogens (tertiary/aromatic N) is 2. The molecule has 3 rings (SSSR count). The molecule has 0 unspecified atom stereocenters. The highest BCUT2D eigenvalue weighted by Crippen LogP contribution is 2.32. The van der Waals surface area contributed by atoms with E-state index in [0.717, 1.165) is 9.47 Å². The highest BCUT2D eigenvalue weighted by molar-refractivity contribution is 8.02. The normalized spacial score (nSPS) is 15.3. The molecule has 0 spiro atoms. The molecule has 122 valence electrons. The minimum Gasteiger partial charge on any atom is -0.357 e. The number of amides is 1. The molecule has 9 heteroatoms. The Morgan fingerprint density at radius 2 is 2.26 bits per heavy atom. The first-order chi connectivity index (χ1) is 11.0. The van der Waals surface area contributed by atoms with Crippen LogP contribution in [-0.2, 0) is 4.79 Å². The Hall–Kier alpha value is -1.38. The summed E-state index contributed by atoms with van der Waals surface area (Å²) < 4.78 is 13.8. The molecule has 1 aromatic heterocycles. The molecule has 1 aliphatic carbocycles. The van der Waals surface area contributed by atoms with Gasteiger partial charge in [-0.25, -0.2) is 4.39 Å². The topological polar surface area (TPSA) is 66.9 Å². The summed E-state index contributed by atoms with van der Waals surface area (Å²) in [4.78, 5) is 12.2. The second-order valence-corrected chi connectivity index (χ2v) is 8.14. The molecular weight excluding hydrogens is 359 g/mol. The fraction of sp³-hybridized carbons (Fsp3) is 0.357. The highest BCUT2D eigenvalue weighted by Gasteiger charge is 2.23. The van der Waals surface area contributed by atoms with Crippen LogP contribution in [0.5, 0.6) is 0 Å². The molecule has 0 aliphatic heterocycles. The van der Waals surface area contributed by atoms with E-state index in [-0.39, 0.29) is 16.2 Å². The number of carbonyl (C=O) groups excluding carboxylic acids is 1. The van der Waals surface area contributed by atoms with Crippen molar-refractivity contribution in [1.82, 2.24) is 10.2 Å². The van der Waals surface area contributed by atoms with E-state index in [4.69, 9.17) is 11.6 Å². The summed E-state index contributed by atoms with van der Waals surface area (Å²) in [6, 6.07) is 4.59. The zero-order chi connectivity index (χ0) is 16.4. The molecular formula is C14H14ClFN4OS2. The van der Waals surface area contributed by atoms with Crippen LogP contribution in [0.1, 0.15) is 19.8 Å². The Morgan fingerprint density at radius 3 is 2.96 bits per heavy atom. The number of hydrogen-bond acceptors (Lipinski definition) is 6. The van der Waals surface area contributed by atoms with Crippen molar-refractivity contribution in [3.8, 4) is 0 Å². The third-order valence-corrected chi connectivity index (χ3v) is 5.47. The summed E-state index contributed by atoms with van der Waals surface area (Å²) in [5.74, 6) is -0.721. The zero-order valence-electron chi connectivity index (χ0n) is 12.2. The van der Waals surface area contributed by atoms with Gasteiger partial charge in [-0.1, -0.05) is 34.7 Å². The summed E-state index contributed by atoms with van der Waals surface area (Å²) in [5.41, 5.74) is 0.460. The number of aromatic nitrogens is 2. The number of nitrogens with one attached hydrogen (secondary N) is 2. The van der Waals surface area contributed by atoms with E-state index in [1.807, 2.05) is 0 Å². The lowest BCUT2D eigenvalue weighted by Gasteiger charge is -2.10. The molecule has 1 atom stereocenters. The minimum absolute atomic E-state index is 0.0250. The summed E-state index contributed by atoms with van der Waals surface area (Å²) >= 11 is 8.47. The van der Waals surface area contributed by atoms with Crippen molar-refractivity contribution in [2.75, 3.05) is 10.6 Å². The summed E-state index contributed by atoms with van der Waals surface area (Å²) in [6.45, 7) is 1.78. The van der Waals surface area contributed by atoms with Crippen molar-refractivity contribution in [1.29, 1.82) is 0 Å². The predicted molar refractivity (Wildman–Crippen MR) is 91.9 cm³/mol. The molecule has 5 nitrogen and oxygen atoms in total. The van der Waals surface area contributed by atoms with Gasteiger partial charge >= 0.3 is 0 Å². The Labute approximate surface area is 146 Å². The Bertz CT molecular complexity index is 723. The number of benzene rings is 1. The van der Waals surface area contributed by atoms with Crippen LogP contribution in [0.15, 0.2) is 22.5 Å². The van der Waals surface area contributed by atoms with E-state index in [1.165, 1.54) is 54.1 Å². The Balaban J connectivity index is 1.56. The number of thioether (sulfide) groups is 1. The van der Waals surface area contributed by atoms with Gasteiger partial charge in [0, 0.05) is 11.7 Å². The number of anilines is 2. The van der Waals surface area contributed by atoms with Crippen molar-refractivity contribution >= 4 is 51.4 Å². The smallest absolute Gasteiger partial charge is 0.237 e. The molecule has 1 amide bonds. The van der Waals surface area contributed by atoms with E-state index >= 15 is 0 Å². The van der Waals surface area contributed by atoms with Gasteiger partial charge in [-0.05, 0) is 38.0 Å². The van der Waals surface area contributed by atoms with Crippen molar-refractivity contribution in [2.24, 2.45) is 0 Å². The third kappa shape index (κ3) is 4.55. The molecule has 0 radical (unpaired) electrons. The molecule has 23 heavy (non-hydrogen) atoms. The highest BCUT2D eigenvalue weighted by atomic mass is 35.5. The Morgan fingerprint density at radius 1 is 1.48 bits per heavy atom. The molecule has 1 fully saturated rings. The summed E-state index contributed by atoms with van der Waals surface area (Å²) in [6.07, 6.45) is 2.34. The monoisotopic (exact) mass is 372 g/mol. The predicted octanol–water partition coefficient (Wildman–Crippen LogP) is 4.02. The van der Waals surface area contributed by atoms with E-state index in [1.54, 1.807) is 6.92 Å². The van der Waals surface area contributed by atoms with E-state index in [0.29, 0.717) is 11.7 Å². The van der Waals surface area contributed by atoms with Crippen LogP contribution < -0.4 is 10.6 Å². The van der Waals surface area contributed by atoms with Crippen LogP contribution >= 0.6 is 34.7 Å². The molecule has 0 saturated heterocycles. The second kappa shape index (κ2) is 7.02. The zero-order valence-corrected chi connectivity index (χ0v) is 14.6. The van der Waals surface area contributed by atoms with Gasteiger partial charge in [0.25, 0.3) is 0 Å². The van der Waals surface area contributed by atoms with Gasteiger partial charge in [0.1, 0.15) is 5.82 Å². The first kappa shape index (κ1) is 16.5. The largest absolute Gasteiger partial charge is 0.357 e. The molecule has 0 bridgehead atoms. The van der Waals surface area contributed by atoms with Gasteiger partial charge in [-0.2, -0.15) is 0 Å². The molecule has 1 heterocycles. The average molecular weight is 373 g/mol. The number of hydrogen-bond donors (Lipinski definition) is 2. The molecule has 2 aromatic rings. The Kier molecular flexibility index (Phi) is 5.03. The van der Waals surface area contributed by atoms with E-state index < -0.39 is 5.82 Å². The fourth-order valence-electron chi connectivity index (χ4n) is 1.74. The molecule has 2 N–H and O–H groups in total. The van der Waals surface area contributed by atoms with Gasteiger partial charge in [0.2, 0.25) is 11.0 Å². The van der Waals surface area contributed by atoms with Crippen LogP contribution in [0.2, 0.25) is 5.02 Å². The maximum absolute atomic E-state index is 13.1. The lowest BCUT2D eigenvalue weighted by atomic mass is 10.3. The van der Waals surface area contributed by atoms with Gasteiger partial charge in [-0.3, -0.25) is 4.79 Å². The summed E-state index contributed by atoms with van der Waals surface area (Å²) in [5, 5.41) is 14.5. The maximum atomic E-state index is 13.1. The number of rotatable bonds is 6. The molecule has 1 aliphatic rings. The van der Waals surface area contributed by atoms with Gasteiger partial charge in [0.15, 0.2) is 4.34 Å². The van der Waals surface area contributed by atoms with Crippen LogP contribution in [-0.4, -0.2) is 27.4 Å². The number of halogens is 2. The van der Waals surface area contributed by atoms with E-state index in [9.17, 15) is 9.18 Å². The van der Waals surface area contributed by atoms with Crippen molar-refractivity contribution in [3.05, 3.63) is 29.0 Å². The van der Waals surface area contributed by atoms with Gasteiger partial charge < -0.3 is 10.6 Å². The molecule has 1 saturated carbocycles. The van der Waals surface area contributed by atoms with Crippen LogP contribution in [0.4, 0.5) is 15.2 Å². The van der Waals surface area contributed by atoms with E-state index in [2.05, 4.69) is 20.8 Å².